The number of aryl methyl sites for hydroxylation is 2. The van der Waals surface area contributed by atoms with Gasteiger partial charge in [0.05, 0.1) is 17.7 Å². The molecule has 0 bridgehead atoms. The third-order valence-corrected chi connectivity index (χ3v) is 5.80. The predicted octanol–water partition coefficient (Wildman–Crippen LogP) is 3.11. The highest BCUT2D eigenvalue weighted by Gasteiger charge is 2.23. The number of benzene rings is 1. The van der Waals surface area contributed by atoms with Crippen molar-refractivity contribution in [3.63, 3.8) is 0 Å². The Kier molecular flexibility index (Phi) is 7.44. The fourth-order valence-electron chi connectivity index (χ4n) is 3.89. The minimum Gasteiger partial charge on any atom is -0.366 e. The van der Waals surface area contributed by atoms with Crippen LogP contribution in [0.15, 0.2) is 36.4 Å². The lowest BCUT2D eigenvalue weighted by Gasteiger charge is -2.35. The van der Waals surface area contributed by atoms with Gasteiger partial charge in [0.15, 0.2) is 0 Å². The Hall–Kier alpha value is -2.89. The van der Waals surface area contributed by atoms with E-state index in [4.69, 9.17) is 10.7 Å². The standard InChI is InChI=1S/C24H32N4O2/c1-3-4-5-10-21-20(24(25)30)11-12-22(26-21)27-13-15-28(16-14-27)23(29)17-19-9-7-6-8-18(19)2/h6-9,11-12H,3-5,10,13-17H2,1-2H3,(H2,25,30). The van der Waals surface area contributed by atoms with Gasteiger partial charge in [0.25, 0.3) is 5.91 Å². The number of hydrogen-bond acceptors (Lipinski definition) is 4. The molecule has 1 aromatic carbocycles. The van der Waals surface area contributed by atoms with Crippen LogP contribution in [0.5, 0.6) is 0 Å². The second-order valence-electron chi connectivity index (χ2n) is 7.96. The molecule has 0 saturated carbocycles. The van der Waals surface area contributed by atoms with Crippen LogP contribution in [0.1, 0.15) is 53.4 Å². The molecule has 30 heavy (non-hydrogen) atoms. The number of anilines is 1. The van der Waals surface area contributed by atoms with Gasteiger partial charge in [-0.15, -0.1) is 0 Å². The van der Waals surface area contributed by atoms with Crippen molar-refractivity contribution >= 4 is 17.6 Å². The molecule has 1 saturated heterocycles. The maximum atomic E-state index is 12.7. The van der Waals surface area contributed by atoms with Gasteiger partial charge in [-0.3, -0.25) is 9.59 Å². The second kappa shape index (κ2) is 10.2. The monoisotopic (exact) mass is 408 g/mol. The van der Waals surface area contributed by atoms with Crippen LogP contribution in [0, 0.1) is 6.92 Å². The number of nitrogens with zero attached hydrogens (tertiary/aromatic N) is 3. The molecule has 6 heteroatoms. The fourth-order valence-corrected chi connectivity index (χ4v) is 3.89. The van der Waals surface area contributed by atoms with Crippen LogP contribution in [-0.4, -0.2) is 47.9 Å². The summed E-state index contributed by atoms with van der Waals surface area (Å²) < 4.78 is 0. The summed E-state index contributed by atoms with van der Waals surface area (Å²) in [6, 6.07) is 11.7. The van der Waals surface area contributed by atoms with Crippen LogP contribution in [-0.2, 0) is 17.6 Å². The van der Waals surface area contributed by atoms with Crippen LogP contribution >= 0.6 is 0 Å². The van der Waals surface area contributed by atoms with Gasteiger partial charge in [-0.1, -0.05) is 44.0 Å². The number of unbranched alkanes of at least 4 members (excludes halogenated alkanes) is 2. The highest BCUT2D eigenvalue weighted by Crippen LogP contribution is 2.19. The molecule has 1 aliphatic rings. The quantitative estimate of drug-likeness (QED) is 0.681. The lowest BCUT2D eigenvalue weighted by Crippen LogP contribution is -2.49. The number of pyridine rings is 1. The maximum absolute atomic E-state index is 12.7. The molecule has 1 fully saturated rings. The normalized spacial score (nSPS) is 14.1. The molecule has 2 aromatic rings. The van der Waals surface area contributed by atoms with E-state index in [9.17, 15) is 9.59 Å². The Labute approximate surface area is 179 Å². The average Bonchev–Trinajstić information content (AvgIpc) is 2.75. The first kappa shape index (κ1) is 21.8. The number of rotatable bonds is 8. The zero-order valence-electron chi connectivity index (χ0n) is 18.1. The van der Waals surface area contributed by atoms with Crippen molar-refractivity contribution in [1.29, 1.82) is 0 Å². The number of carbonyl (C=O) groups is 2. The summed E-state index contributed by atoms with van der Waals surface area (Å²) >= 11 is 0. The van der Waals surface area contributed by atoms with Crippen molar-refractivity contribution in [3.05, 3.63) is 58.8 Å². The topological polar surface area (TPSA) is 79.5 Å². The van der Waals surface area contributed by atoms with E-state index in [1.165, 1.54) is 0 Å². The summed E-state index contributed by atoms with van der Waals surface area (Å²) in [5.74, 6) is 0.603. The molecular weight excluding hydrogens is 376 g/mol. The van der Waals surface area contributed by atoms with E-state index in [0.717, 1.165) is 61.4 Å². The van der Waals surface area contributed by atoms with Crippen LogP contribution in [0.2, 0.25) is 0 Å². The summed E-state index contributed by atoms with van der Waals surface area (Å²) in [5.41, 5.74) is 9.08. The largest absolute Gasteiger partial charge is 0.366 e. The molecule has 1 aromatic heterocycles. The highest BCUT2D eigenvalue weighted by molar-refractivity contribution is 5.94. The molecule has 0 atom stereocenters. The van der Waals surface area contributed by atoms with Crippen molar-refractivity contribution in [2.75, 3.05) is 31.1 Å². The van der Waals surface area contributed by atoms with Crippen LogP contribution < -0.4 is 10.6 Å². The lowest BCUT2D eigenvalue weighted by molar-refractivity contribution is -0.130. The molecule has 160 valence electrons. The van der Waals surface area contributed by atoms with Crippen molar-refractivity contribution in [2.45, 2.75) is 46.0 Å². The highest BCUT2D eigenvalue weighted by atomic mass is 16.2. The summed E-state index contributed by atoms with van der Waals surface area (Å²) in [7, 11) is 0. The molecule has 2 amide bonds. The van der Waals surface area contributed by atoms with Crippen molar-refractivity contribution in [1.82, 2.24) is 9.88 Å². The zero-order valence-corrected chi connectivity index (χ0v) is 18.1. The molecule has 1 aliphatic heterocycles. The molecule has 2 heterocycles. The number of hydrogen-bond donors (Lipinski definition) is 1. The SMILES string of the molecule is CCCCCc1nc(N2CCN(C(=O)Cc3ccccc3C)CC2)ccc1C(N)=O. The average molecular weight is 409 g/mol. The third kappa shape index (κ3) is 5.38. The minimum atomic E-state index is -0.424. The Morgan fingerprint density at radius 3 is 2.43 bits per heavy atom. The van der Waals surface area contributed by atoms with E-state index >= 15 is 0 Å². The first-order chi connectivity index (χ1) is 14.5. The van der Waals surface area contributed by atoms with E-state index in [-0.39, 0.29) is 5.91 Å². The Balaban J connectivity index is 1.62. The number of nitrogens with two attached hydrogens (primary N) is 1. The van der Waals surface area contributed by atoms with E-state index in [1.807, 2.05) is 42.2 Å². The molecule has 0 aliphatic carbocycles. The van der Waals surface area contributed by atoms with Gasteiger partial charge in [0, 0.05) is 26.2 Å². The lowest BCUT2D eigenvalue weighted by atomic mass is 10.0. The van der Waals surface area contributed by atoms with Gasteiger partial charge in [-0.05, 0) is 43.0 Å². The van der Waals surface area contributed by atoms with Crippen molar-refractivity contribution in [2.24, 2.45) is 5.73 Å². The van der Waals surface area contributed by atoms with E-state index in [2.05, 4.69) is 11.8 Å². The van der Waals surface area contributed by atoms with E-state index in [1.54, 1.807) is 6.07 Å². The Morgan fingerprint density at radius 1 is 1.03 bits per heavy atom. The predicted molar refractivity (Wildman–Crippen MR) is 120 cm³/mol. The summed E-state index contributed by atoms with van der Waals surface area (Å²) in [5, 5.41) is 0. The number of primary amides is 1. The number of carbonyl (C=O) groups excluding carboxylic acids is 2. The van der Waals surface area contributed by atoms with Crippen LogP contribution in [0.4, 0.5) is 5.82 Å². The van der Waals surface area contributed by atoms with Crippen molar-refractivity contribution in [3.8, 4) is 0 Å². The number of piperazine rings is 1. The van der Waals surface area contributed by atoms with E-state index in [0.29, 0.717) is 25.1 Å². The molecule has 0 radical (unpaired) electrons. The summed E-state index contributed by atoms with van der Waals surface area (Å²) in [4.78, 5) is 33.4. The van der Waals surface area contributed by atoms with Gasteiger partial charge >= 0.3 is 0 Å². The minimum absolute atomic E-state index is 0.168. The van der Waals surface area contributed by atoms with Gasteiger partial charge in [-0.25, -0.2) is 4.98 Å². The molecule has 0 spiro atoms. The molecule has 6 nitrogen and oxygen atoms in total. The van der Waals surface area contributed by atoms with Gasteiger partial charge < -0.3 is 15.5 Å². The molecule has 0 unspecified atom stereocenters. The van der Waals surface area contributed by atoms with Crippen LogP contribution in [0.3, 0.4) is 0 Å². The first-order valence-corrected chi connectivity index (χ1v) is 10.9. The molecular formula is C24H32N4O2. The Bertz CT molecular complexity index is 889. The number of aromatic nitrogens is 1. The maximum Gasteiger partial charge on any atom is 0.250 e. The fraction of sp³-hybridized carbons (Fsp3) is 0.458. The van der Waals surface area contributed by atoms with Gasteiger partial charge in [0.1, 0.15) is 5.82 Å². The zero-order chi connectivity index (χ0) is 21.5. The Morgan fingerprint density at radius 2 is 1.77 bits per heavy atom. The molecule has 2 N–H and O–H groups in total. The smallest absolute Gasteiger partial charge is 0.250 e. The van der Waals surface area contributed by atoms with E-state index < -0.39 is 5.91 Å². The summed E-state index contributed by atoms with van der Waals surface area (Å²) in [6.45, 7) is 7.01. The van der Waals surface area contributed by atoms with Gasteiger partial charge in [0.2, 0.25) is 5.91 Å². The third-order valence-electron chi connectivity index (χ3n) is 5.80. The van der Waals surface area contributed by atoms with Crippen molar-refractivity contribution < 1.29 is 9.59 Å². The first-order valence-electron chi connectivity index (χ1n) is 10.9. The van der Waals surface area contributed by atoms with Crippen LogP contribution in [0.25, 0.3) is 0 Å². The van der Waals surface area contributed by atoms with Gasteiger partial charge in [-0.2, -0.15) is 0 Å². The number of amides is 2. The second-order valence-corrected chi connectivity index (χ2v) is 7.96. The summed E-state index contributed by atoms with van der Waals surface area (Å²) in [6.07, 6.45) is 4.42. The molecule has 3 rings (SSSR count).